The summed E-state index contributed by atoms with van der Waals surface area (Å²) in [6.07, 6.45) is 5.10. The van der Waals surface area contributed by atoms with Gasteiger partial charge in [0.2, 0.25) is 0 Å². The van der Waals surface area contributed by atoms with Crippen molar-refractivity contribution in [2.45, 2.75) is 62.1 Å². The lowest BCUT2D eigenvalue weighted by atomic mass is 9.48. The topological polar surface area (TPSA) is 73.2 Å². The Morgan fingerprint density at radius 1 is 1.32 bits per heavy atom. The summed E-state index contributed by atoms with van der Waals surface area (Å²) in [5.74, 6) is 6.14. The summed E-state index contributed by atoms with van der Waals surface area (Å²) in [7, 11) is 3.38. The van der Waals surface area contributed by atoms with Crippen LogP contribution in [0.1, 0.15) is 47.9 Å². The number of aromatic hydroxyl groups is 1. The Hall–Kier alpha value is -3.27. The van der Waals surface area contributed by atoms with Gasteiger partial charge < -0.3 is 19.8 Å². The summed E-state index contributed by atoms with van der Waals surface area (Å²) in [6.45, 7) is 7.45. The van der Waals surface area contributed by atoms with Crippen LogP contribution in [-0.4, -0.2) is 70.9 Å². The molecule has 2 bridgehead atoms. The Balaban J connectivity index is 1.52. The van der Waals surface area contributed by atoms with Crippen molar-refractivity contribution in [3.63, 3.8) is 0 Å². The number of likely N-dealkylation sites (tertiary alicyclic amines) is 1. The number of amides is 1. The SMILES string of the molecule is C=CCN1CC[C@]23C[C@@H](N(C)C(=O)C#Cc4cccc(C)c4)CC[C@@]2(O)[C@H]1Cc1ccc(O)c(OC)c13. The maximum absolute atomic E-state index is 13.2. The summed E-state index contributed by atoms with van der Waals surface area (Å²) in [6, 6.07) is 11.3. The van der Waals surface area contributed by atoms with E-state index in [1.165, 1.54) is 0 Å². The highest BCUT2D eigenvalue weighted by Gasteiger charge is 2.65. The molecule has 2 aromatic rings. The average molecular weight is 501 g/mol. The number of carbonyl (C=O) groups excluding carboxylic acids is 1. The van der Waals surface area contributed by atoms with Crippen LogP contribution in [0.3, 0.4) is 0 Å². The quantitative estimate of drug-likeness (QED) is 0.496. The van der Waals surface area contributed by atoms with E-state index in [2.05, 4.69) is 23.3 Å². The molecular formula is C31H36N2O4. The second-order valence-electron chi connectivity index (χ2n) is 10.8. The molecule has 1 heterocycles. The molecule has 1 amide bonds. The molecule has 1 saturated carbocycles. The Kier molecular flexibility index (Phi) is 6.55. The maximum atomic E-state index is 13.2. The van der Waals surface area contributed by atoms with Crippen molar-refractivity contribution in [3.05, 3.63) is 71.3 Å². The Morgan fingerprint density at radius 2 is 2.14 bits per heavy atom. The average Bonchev–Trinajstić information content (AvgIpc) is 2.88. The molecule has 37 heavy (non-hydrogen) atoms. The molecule has 2 N–H and O–H groups in total. The number of phenols is 1. The van der Waals surface area contributed by atoms with Crippen LogP contribution in [-0.2, 0) is 16.6 Å². The van der Waals surface area contributed by atoms with E-state index in [4.69, 9.17) is 4.74 Å². The molecule has 2 aromatic carbocycles. The van der Waals surface area contributed by atoms with Crippen LogP contribution in [0.25, 0.3) is 0 Å². The van der Waals surface area contributed by atoms with Crippen molar-refractivity contribution in [2.75, 3.05) is 27.2 Å². The van der Waals surface area contributed by atoms with Gasteiger partial charge in [0.05, 0.1) is 12.7 Å². The molecule has 0 aromatic heterocycles. The first-order chi connectivity index (χ1) is 17.7. The molecule has 0 unspecified atom stereocenters. The highest BCUT2D eigenvalue weighted by molar-refractivity contribution is 5.94. The normalized spacial score (nSPS) is 28.2. The summed E-state index contributed by atoms with van der Waals surface area (Å²) in [4.78, 5) is 17.2. The Labute approximate surface area is 219 Å². The molecule has 194 valence electrons. The third-order valence-electron chi connectivity index (χ3n) is 8.97. The molecule has 1 saturated heterocycles. The number of carbonyl (C=O) groups is 1. The standard InChI is InChI=1S/C31H36N2O4/c1-5-16-33-17-15-30-20-24(32(3)27(35)12-9-22-8-6-7-21(2)18-22)13-14-31(30,36)26(33)19-23-10-11-25(34)29(37-4)28(23)30/h5-8,10-11,18,24,26,34,36H,1,13-17,19-20H2,2-4H3/t24-,26+,30+,31+/m0/s1. The van der Waals surface area contributed by atoms with Crippen LogP contribution in [0.4, 0.5) is 0 Å². The van der Waals surface area contributed by atoms with Gasteiger partial charge >= 0.3 is 0 Å². The number of hydrogen-bond donors (Lipinski definition) is 2. The molecule has 5 rings (SSSR count). The van der Waals surface area contributed by atoms with Crippen molar-refractivity contribution >= 4 is 5.91 Å². The number of rotatable bonds is 4. The summed E-state index contributed by atoms with van der Waals surface area (Å²) in [5.41, 5.74) is 2.26. The van der Waals surface area contributed by atoms with Gasteiger partial charge in [0, 0.05) is 48.1 Å². The number of nitrogens with zero attached hydrogens (tertiary/aromatic N) is 2. The number of methoxy groups -OCH3 is 1. The molecule has 2 fully saturated rings. The zero-order chi connectivity index (χ0) is 26.4. The zero-order valence-electron chi connectivity index (χ0n) is 22.0. The number of benzene rings is 2. The van der Waals surface area contributed by atoms with E-state index in [0.29, 0.717) is 44.4 Å². The molecule has 1 aliphatic heterocycles. The molecular weight excluding hydrogens is 464 g/mol. The van der Waals surface area contributed by atoms with E-state index in [1.54, 1.807) is 18.1 Å². The van der Waals surface area contributed by atoms with Crippen LogP contribution in [0, 0.1) is 18.8 Å². The largest absolute Gasteiger partial charge is 0.504 e. The fourth-order valence-electron chi connectivity index (χ4n) is 7.18. The lowest BCUT2D eigenvalue weighted by Crippen LogP contribution is -2.74. The van der Waals surface area contributed by atoms with Gasteiger partial charge in [-0.2, -0.15) is 0 Å². The number of hydrogen-bond acceptors (Lipinski definition) is 5. The Bertz CT molecular complexity index is 1290. The zero-order valence-corrected chi connectivity index (χ0v) is 22.0. The van der Waals surface area contributed by atoms with Gasteiger partial charge in [0.1, 0.15) is 0 Å². The molecule has 0 radical (unpaired) electrons. The molecule has 4 atom stereocenters. The third-order valence-corrected chi connectivity index (χ3v) is 8.97. The number of piperidine rings is 1. The van der Waals surface area contributed by atoms with E-state index in [9.17, 15) is 15.0 Å². The lowest BCUT2D eigenvalue weighted by Gasteiger charge is -2.65. The van der Waals surface area contributed by atoms with Crippen LogP contribution in [0.15, 0.2) is 49.1 Å². The molecule has 0 spiro atoms. The lowest BCUT2D eigenvalue weighted by molar-refractivity contribution is -0.175. The first kappa shape index (κ1) is 25.4. The van der Waals surface area contributed by atoms with Gasteiger partial charge in [-0.1, -0.05) is 30.2 Å². The highest BCUT2D eigenvalue weighted by Crippen LogP contribution is 2.61. The smallest absolute Gasteiger partial charge is 0.298 e. The molecule has 6 heteroatoms. The summed E-state index contributed by atoms with van der Waals surface area (Å²) in [5, 5.41) is 23.2. The van der Waals surface area contributed by atoms with E-state index in [1.807, 2.05) is 50.4 Å². The van der Waals surface area contributed by atoms with E-state index >= 15 is 0 Å². The van der Waals surface area contributed by atoms with Crippen molar-refractivity contribution in [3.8, 4) is 23.3 Å². The number of phenolic OH excluding ortho intramolecular Hbond substituents is 1. The maximum Gasteiger partial charge on any atom is 0.298 e. The first-order valence-corrected chi connectivity index (χ1v) is 13.1. The van der Waals surface area contributed by atoms with Gasteiger partial charge in [-0.05, 0) is 74.9 Å². The number of aryl methyl sites for hydroxylation is 1. The van der Waals surface area contributed by atoms with Crippen molar-refractivity contribution in [1.29, 1.82) is 0 Å². The highest BCUT2D eigenvalue weighted by atomic mass is 16.5. The minimum absolute atomic E-state index is 0.0657. The third kappa shape index (κ3) is 4.02. The first-order valence-electron chi connectivity index (χ1n) is 13.1. The number of ether oxygens (including phenoxy) is 1. The van der Waals surface area contributed by atoms with Crippen LogP contribution < -0.4 is 4.74 Å². The molecule has 3 aliphatic rings. The monoisotopic (exact) mass is 500 g/mol. The van der Waals surface area contributed by atoms with E-state index in [-0.39, 0.29) is 23.7 Å². The minimum Gasteiger partial charge on any atom is -0.504 e. The van der Waals surface area contributed by atoms with Crippen LogP contribution in [0.2, 0.25) is 0 Å². The molecule has 2 aliphatic carbocycles. The minimum atomic E-state index is -1.00. The second-order valence-corrected chi connectivity index (χ2v) is 10.8. The van der Waals surface area contributed by atoms with Crippen molar-refractivity contribution < 1.29 is 19.7 Å². The second kappa shape index (κ2) is 9.55. The number of fused-ring (bicyclic) bond motifs is 1. The predicted molar refractivity (Wildman–Crippen MR) is 144 cm³/mol. The van der Waals surface area contributed by atoms with E-state index in [0.717, 1.165) is 28.8 Å². The molecule has 6 nitrogen and oxygen atoms in total. The van der Waals surface area contributed by atoms with Gasteiger partial charge in [-0.3, -0.25) is 9.69 Å². The summed E-state index contributed by atoms with van der Waals surface area (Å²) >= 11 is 0. The predicted octanol–water partition coefficient (Wildman–Crippen LogP) is 3.56. The number of aliphatic hydroxyl groups is 1. The van der Waals surface area contributed by atoms with Crippen molar-refractivity contribution in [2.24, 2.45) is 0 Å². The summed E-state index contributed by atoms with van der Waals surface area (Å²) < 4.78 is 5.74. The fraction of sp³-hybridized carbons (Fsp3) is 0.452. The van der Waals surface area contributed by atoms with Crippen molar-refractivity contribution in [1.82, 2.24) is 9.80 Å². The van der Waals surface area contributed by atoms with Crippen LogP contribution >= 0.6 is 0 Å². The van der Waals surface area contributed by atoms with Gasteiger partial charge in [-0.25, -0.2) is 0 Å². The van der Waals surface area contributed by atoms with Crippen LogP contribution in [0.5, 0.6) is 11.5 Å². The van der Waals surface area contributed by atoms with E-state index < -0.39 is 11.0 Å². The van der Waals surface area contributed by atoms with Gasteiger partial charge in [0.15, 0.2) is 11.5 Å². The Morgan fingerprint density at radius 3 is 2.86 bits per heavy atom. The van der Waals surface area contributed by atoms with Gasteiger partial charge in [0.25, 0.3) is 5.91 Å². The fourth-order valence-corrected chi connectivity index (χ4v) is 7.18. The van der Waals surface area contributed by atoms with Gasteiger partial charge in [-0.15, -0.1) is 6.58 Å².